The van der Waals surface area contributed by atoms with E-state index < -0.39 is 34.5 Å². The lowest BCUT2D eigenvalue weighted by molar-refractivity contribution is -0.119. The van der Waals surface area contributed by atoms with E-state index in [1.165, 1.54) is 23.5 Å². The Kier molecular flexibility index (Phi) is 9.42. The maximum absolute atomic E-state index is 13.3. The van der Waals surface area contributed by atoms with Crippen molar-refractivity contribution in [2.24, 2.45) is 0 Å². The van der Waals surface area contributed by atoms with Gasteiger partial charge in [-0.1, -0.05) is 45.0 Å². The molecule has 2 aromatic carbocycles. The highest BCUT2D eigenvalue weighted by molar-refractivity contribution is 7.92. The lowest BCUT2D eigenvalue weighted by Crippen LogP contribution is -2.23. The zero-order valence-corrected chi connectivity index (χ0v) is 25.3. The topological polar surface area (TPSA) is 128 Å². The van der Waals surface area contributed by atoms with Gasteiger partial charge in [-0.25, -0.2) is 18.0 Å². The van der Waals surface area contributed by atoms with Gasteiger partial charge in [0.05, 0.1) is 28.3 Å². The van der Waals surface area contributed by atoms with Crippen molar-refractivity contribution < 1.29 is 32.3 Å². The molecule has 1 aromatic heterocycles. The van der Waals surface area contributed by atoms with Gasteiger partial charge >= 0.3 is 11.9 Å². The number of nitrogens with one attached hydrogen (secondary N) is 2. The van der Waals surface area contributed by atoms with Gasteiger partial charge < -0.3 is 14.8 Å². The van der Waals surface area contributed by atoms with Gasteiger partial charge in [-0.15, -0.1) is 11.3 Å². The minimum Gasteiger partial charge on any atom is -0.462 e. The lowest BCUT2D eigenvalue weighted by atomic mass is 9.87. The van der Waals surface area contributed by atoms with E-state index in [0.29, 0.717) is 16.1 Å². The van der Waals surface area contributed by atoms with Crippen LogP contribution in [-0.4, -0.2) is 39.5 Å². The third-order valence-electron chi connectivity index (χ3n) is 6.19. The molecule has 9 nitrogen and oxygen atoms in total. The number of sulfonamides is 1. The molecule has 0 saturated heterocycles. The lowest BCUT2D eigenvalue weighted by Gasteiger charge is -2.21. The van der Waals surface area contributed by atoms with Crippen LogP contribution in [0.1, 0.15) is 70.0 Å². The summed E-state index contributed by atoms with van der Waals surface area (Å²) in [4.78, 5) is 38.8. The molecule has 0 atom stereocenters. The third-order valence-corrected chi connectivity index (χ3v) is 8.82. The van der Waals surface area contributed by atoms with Crippen LogP contribution in [0.25, 0.3) is 0 Å². The molecule has 0 fully saturated rings. The molecule has 0 bridgehead atoms. The van der Waals surface area contributed by atoms with Crippen molar-refractivity contribution in [2.45, 2.75) is 58.8 Å². The number of ether oxygens (including phenoxy) is 2. The second-order valence-corrected chi connectivity index (χ2v) is 13.1. The number of hydrogen-bond acceptors (Lipinski definition) is 8. The Morgan fingerprint density at radius 3 is 2.27 bits per heavy atom. The van der Waals surface area contributed by atoms with Crippen molar-refractivity contribution in [1.82, 2.24) is 0 Å². The zero-order chi connectivity index (χ0) is 29.8. The highest BCUT2D eigenvalue weighted by Gasteiger charge is 2.25. The Bertz CT molecular complexity index is 1550. The summed E-state index contributed by atoms with van der Waals surface area (Å²) in [7, 11) is -4.05. The minimum atomic E-state index is -4.05. The van der Waals surface area contributed by atoms with E-state index in [1.54, 1.807) is 45.0 Å². The van der Waals surface area contributed by atoms with Crippen LogP contribution in [0.5, 0.6) is 0 Å². The monoisotopic (exact) mass is 586 g/mol. The molecule has 0 unspecified atom stereocenters. The number of hydrogen-bond donors (Lipinski definition) is 2. The number of rotatable bonds is 9. The molecule has 3 aromatic rings. The summed E-state index contributed by atoms with van der Waals surface area (Å²) >= 11 is 1.21. The van der Waals surface area contributed by atoms with Crippen LogP contribution in [0.3, 0.4) is 0 Å². The first-order valence-corrected chi connectivity index (χ1v) is 14.9. The second kappa shape index (κ2) is 12.2. The fraction of sp³-hybridized carbons (Fsp3) is 0.345. The van der Waals surface area contributed by atoms with Gasteiger partial charge in [0.25, 0.3) is 15.9 Å². The van der Waals surface area contributed by atoms with Crippen LogP contribution in [-0.2, 0) is 29.7 Å². The standard InChI is InChI=1S/C29H34N2O7S2/c1-8-37-28(34)25-18(3)19(4)39-26(25)30-24(32)16-38-27(33)21-11-9-10-12-22(21)31-40(35,36)23-15-20(29(5,6)7)14-13-17(23)2/h9-15,31H,8,16H2,1-7H3,(H,30,32). The Labute approximate surface area is 239 Å². The first-order valence-electron chi connectivity index (χ1n) is 12.6. The molecule has 11 heteroatoms. The van der Waals surface area contributed by atoms with Crippen LogP contribution in [0.15, 0.2) is 47.4 Å². The van der Waals surface area contributed by atoms with Gasteiger partial charge in [-0.05, 0) is 68.0 Å². The largest absolute Gasteiger partial charge is 0.462 e. The number of thiophene rings is 1. The van der Waals surface area contributed by atoms with Crippen LogP contribution >= 0.6 is 11.3 Å². The van der Waals surface area contributed by atoms with Crippen molar-refractivity contribution in [1.29, 1.82) is 0 Å². The molecule has 0 radical (unpaired) electrons. The second-order valence-electron chi connectivity index (χ2n) is 10.2. The van der Waals surface area contributed by atoms with E-state index in [-0.39, 0.29) is 33.7 Å². The molecule has 2 N–H and O–H groups in total. The quantitative estimate of drug-likeness (QED) is 0.306. The number of carbonyl (C=O) groups excluding carboxylic acids is 3. The molecule has 0 aliphatic heterocycles. The number of esters is 2. The zero-order valence-electron chi connectivity index (χ0n) is 23.6. The van der Waals surface area contributed by atoms with Crippen molar-refractivity contribution >= 4 is 49.9 Å². The van der Waals surface area contributed by atoms with Crippen LogP contribution in [0.2, 0.25) is 0 Å². The summed E-state index contributed by atoms with van der Waals surface area (Å²) in [6.07, 6.45) is 0. The number of amides is 1. The summed E-state index contributed by atoms with van der Waals surface area (Å²) in [5.74, 6) is -2.10. The number of aryl methyl sites for hydroxylation is 2. The van der Waals surface area contributed by atoms with Crippen molar-refractivity contribution in [3.8, 4) is 0 Å². The minimum absolute atomic E-state index is 0.0163. The third kappa shape index (κ3) is 7.08. The van der Waals surface area contributed by atoms with Gasteiger partial charge in [0, 0.05) is 4.88 Å². The molecular weight excluding hydrogens is 552 g/mol. The average molecular weight is 587 g/mol. The van der Waals surface area contributed by atoms with Crippen LogP contribution in [0.4, 0.5) is 10.7 Å². The van der Waals surface area contributed by atoms with Crippen LogP contribution in [0, 0.1) is 20.8 Å². The Morgan fingerprint density at radius 1 is 0.950 bits per heavy atom. The molecule has 1 heterocycles. The van der Waals surface area contributed by atoms with Crippen LogP contribution < -0.4 is 10.0 Å². The van der Waals surface area contributed by atoms with Gasteiger partial charge in [0.1, 0.15) is 5.00 Å². The molecule has 0 aliphatic carbocycles. The normalized spacial score (nSPS) is 11.6. The number of para-hydroxylation sites is 1. The molecule has 0 saturated carbocycles. The Morgan fingerprint density at radius 2 is 1.62 bits per heavy atom. The van der Waals surface area contributed by atoms with Gasteiger partial charge in [-0.2, -0.15) is 0 Å². The van der Waals surface area contributed by atoms with Crippen molar-refractivity contribution in [2.75, 3.05) is 23.3 Å². The molecule has 1 amide bonds. The molecule has 0 aliphatic rings. The van der Waals surface area contributed by atoms with E-state index in [4.69, 9.17) is 9.47 Å². The summed E-state index contributed by atoms with van der Waals surface area (Å²) in [5, 5.41) is 2.91. The van der Waals surface area contributed by atoms with E-state index in [1.807, 2.05) is 33.8 Å². The molecule has 3 rings (SSSR count). The first-order chi connectivity index (χ1) is 18.7. The Hall–Kier alpha value is -3.70. The molecule has 0 spiro atoms. The van der Waals surface area contributed by atoms with E-state index in [0.717, 1.165) is 10.4 Å². The van der Waals surface area contributed by atoms with Crippen molar-refractivity contribution in [3.63, 3.8) is 0 Å². The maximum atomic E-state index is 13.3. The average Bonchev–Trinajstić information content (AvgIpc) is 3.14. The Balaban J connectivity index is 1.76. The SMILES string of the molecule is CCOC(=O)c1c(NC(=O)COC(=O)c2ccccc2NS(=O)(=O)c2cc(C(C)(C)C)ccc2C)sc(C)c1C. The maximum Gasteiger partial charge on any atom is 0.341 e. The number of benzene rings is 2. The number of anilines is 2. The van der Waals surface area contributed by atoms with Gasteiger partial charge in [0.2, 0.25) is 0 Å². The predicted molar refractivity (Wildman–Crippen MR) is 156 cm³/mol. The summed E-state index contributed by atoms with van der Waals surface area (Å²) in [6.45, 7) is 12.5. The molecular formula is C29H34N2O7S2. The van der Waals surface area contributed by atoms with E-state index >= 15 is 0 Å². The summed E-state index contributed by atoms with van der Waals surface area (Å²) in [5.41, 5.74) is 2.05. The van der Waals surface area contributed by atoms with Crippen molar-refractivity contribution in [3.05, 3.63) is 75.2 Å². The van der Waals surface area contributed by atoms with E-state index in [9.17, 15) is 22.8 Å². The predicted octanol–water partition coefficient (Wildman–Crippen LogP) is 5.74. The fourth-order valence-corrected chi connectivity index (χ4v) is 6.26. The summed E-state index contributed by atoms with van der Waals surface area (Å²) in [6, 6.07) is 11.3. The van der Waals surface area contributed by atoms with Gasteiger partial charge in [0.15, 0.2) is 6.61 Å². The van der Waals surface area contributed by atoms with Gasteiger partial charge in [-0.3, -0.25) is 9.52 Å². The first kappa shape index (κ1) is 30.8. The molecule has 40 heavy (non-hydrogen) atoms. The highest BCUT2D eigenvalue weighted by Crippen LogP contribution is 2.33. The number of carbonyl (C=O) groups is 3. The summed E-state index contributed by atoms with van der Waals surface area (Å²) < 4.78 is 39.5. The highest BCUT2D eigenvalue weighted by atomic mass is 32.2. The smallest absolute Gasteiger partial charge is 0.341 e. The van der Waals surface area contributed by atoms with E-state index in [2.05, 4.69) is 10.0 Å². The fourth-order valence-electron chi connectivity index (χ4n) is 3.84. The molecule has 214 valence electrons.